The number of morpholine rings is 1. The molecule has 1 amide bonds. The van der Waals surface area contributed by atoms with Crippen LogP contribution >= 0.6 is 0 Å². The number of benzene rings is 1. The molecule has 1 saturated heterocycles. The Hall–Kier alpha value is -2.12. The molecule has 2 unspecified atom stereocenters. The van der Waals surface area contributed by atoms with Crippen molar-refractivity contribution >= 4 is 11.9 Å². The monoisotopic (exact) mass is 418 g/mol. The van der Waals surface area contributed by atoms with E-state index in [-0.39, 0.29) is 18.1 Å². The number of hydrogen-bond acceptors (Lipinski definition) is 4. The highest BCUT2D eigenvalue weighted by molar-refractivity contribution is 5.94. The van der Waals surface area contributed by atoms with E-state index in [1.807, 2.05) is 43.0 Å². The van der Waals surface area contributed by atoms with Crippen LogP contribution in [0.25, 0.3) is 0 Å². The van der Waals surface area contributed by atoms with Crippen molar-refractivity contribution in [2.24, 2.45) is 10.9 Å². The summed E-state index contributed by atoms with van der Waals surface area (Å²) in [6.45, 7) is 12.5. The number of nitrogens with one attached hydrogen (secondary N) is 2. The van der Waals surface area contributed by atoms with Crippen molar-refractivity contribution < 1.29 is 14.3 Å². The van der Waals surface area contributed by atoms with Crippen LogP contribution in [0.2, 0.25) is 0 Å². The largest absolute Gasteiger partial charge is 0.380 e. The third-order valence-electron chi connectivity index (χ3n) is 4.97. The van der Waals surface area contributed by atoms with Crippen LogP contribution in [-0.2, 0) is 16.0 Å². The first-order chi connectivity index (χ1) is 14.4. The second-order valence-corrected chi connectivity index (χ2v) is 8.31. The fraction of sp³-hybridized carbons (Fsp3) is 0.652. The molecule has 1 fully saturated rings. The second kappa shape index (κ2) is 12.5. The number of nitrogens with zero attached hydrogens (tertiary/aromatic N) is 2. The molecule has 0 aromatic heterocycles. The summed E-state index contributed by atoms with van der Waals surface area (Å²) in [5.74, 6) is 1.46. The zero-order valence-corrected chi connectivity index (χ0v) is 19.1. The molecule has 0 radical (unpaired) electrons. The number of carbonyl (C=O) groups excluding carboxylic acids is 1. The zero-order chi connectivity index (χ0) is 21.9. The number of amides is 1. The smallest absolute Gasteiger partial charge is 0.254 e. The molecule has 1 aromatic carbocycles. The Morgan fingerprint density at radius 2 is 1.83 bits per heavy atom. The summed E-state index contributed by atoms with van der Waals surface area (Å²) >= 11 is 0. The quantitative estimate of drug-likeness (QED) is 0.366. The van der Waals surface area contributed by atoms with Crippen LogP contribution in [0.5, 0.6) is 0 Å². The SMILES string of the molecule is CN=C(NCCOCCC(C)C)NCc1ccc(C(=O)N2CC(C)OC(C)C2)cc1. The van der Waals surface area contributed by atoms with Crippen LogP contribution in [0.4, 0.5) is 0 Å². The minimum absolute atomic E-state index is 0.0615. The summed E-state index contributed by atoms with van der Waals surface area (Å²) < 4.78 is 11.3. The lowest BCUT2D eigenvalue weighted by Crippen LogP contribution is -2.48. The Bertz CT molecular complexity index is 666. The van der Waals surface area contributed by atoms with E-state index in [9.17, 15) is 4.79 Å². The van der Waals surface area contributed by atoms with Gasteiger partial charge >= 0.3 is 0 Å². The Balaban J connectivity index is 1.74. The zero-order valence-electron chi connectivity index (χ0n) is 19.1. The fourth-order valence-electron chi connectivity index (χ4n) is 3.36. The standard InChI is InChI=1S/C23H38N4O3/c1-17(2)10-12-29-13-11-25-23(24-5)26-14-20-6-8-21(9-7-20)22(28)27-15-18(3)30-19(4)16-27/h6-9,17-19H,10-16H2,1-5H3,(H2,24,25,26). The molecule has 1 aromatic rings. The van der Waals surface area contributed by atoms with Crippen molar-refractivity contribution in [2.75, 3.05) is 39.9 Å². The third kappa shape index (κ3) is 8.32. The van der Waals surface area contributed by atoms with Gasteiger partial charge in [0.05, 0.1) is 18.8 Å². The van der Waals surface area contributed by atoms with Gasteiger partial charge in [0.1, 0.15) is 0 Å². The normalized spacial score (nSPS) is 19.8. The van der Waals surface area contributed by atoms with Crippen molar-refractivity contribution in [3.05, 3.63) is 35.4 Å². The van der Waals surface area contributed by atoms with Crippen LogP contribution in [0.1, 0.15) is 50.0 Å². The van der Waals surface area contributed by atoms with Crippen LogP contribution in [0.3, 0.4) is 0 Å². The maximum absolute atomic E-state index is 12.8. The van der Waals surface area contributed by atoms with E-state index in [2.05, 4.69) is 29.5 Å². The molecule has 0 aliphatic carbocycles. The number of aliphatic imine (C=N–C) groups is 1. The van der Waals surface area contributed by atoms with E-state index >= 15 is 0 Å². The van der Waals surface area contributed by atoms with E-state index < -0.39 is 0 Å². The Kier molecular flexibility index (Phi) is 10.1. The van der Waals surface area contributed by atoms with Gasteiger partial charge in [0.15, 0.2) is 5.96 Å². The van der Waals surface area contributed by atoms with E-state index in [1.165, 1.54) is 0 Å². The molecule has 1 heterocycles. The highest BCUT2D eigenvalue weighted by Crippen LogP contribution is 2.15. The maximum Gasteiger partial charge on any atom is 0.254 e. The minimum Gasteiger partial charge on any atom is -0.380 e. The molecule has 2 N–H and O–H groups in total. The van der Waals surface area contributed by atoms with E-state index in [0.717, 1.165) is 24.6 Å². The van der Waals surface area contributed by atoms with Crippen molar-refractivity contribution in [3.8, 4) is 0 Å². The highest BCUT2D eigenvalue weighted by atomic mass is 16.5. The van der Waals surface area contributed by atoms with Crippen LogP contribution in [0, 0.1) is 5.92 Å². The Morgan fingerprint density at radius 3 is 2.43 bits per heavy atom. The first kappa shape index (κ1) is 24.2. The van der Waals surface area contributed by atoms with Crippen molar-refractivity contribution in [3.63, 3.8) is 0 Å². The molecule has 7 heteroatoms. The van der Waals surface area contributed by atoms with Crippen molar-refractivity contribution in [1.29, 1.82) is 0 Å². The lowest BCUT2D eigenvalue weighted by Gasteiger charge is -2.35. The number of ether oxygens (including phenoxy) is 2. The first-order valence-electron chi connectivity index (χ1n) is 10.9. The van der Waals surface area contributed by atoms with Gasteiger partial charge in [-0.1, -0.05) is 26.0 Å². The molecular weight excluding hydrogens is 380 g/mol. The average Bonchev–Trinajstić information content (AvgIpc) is 2.71. The lowest BCUT2D eigenvalue weighted by atomic mass is 10.1. The second-order valence-electron chi connectivity index (χ2n) is 8.31. The predicted molar refractivity (Wildman–Crippen MR) is 121 cm³/mol. The van der Waals surface area contributed by atoms with Gasteiger partial charge in [0.2, 0.25) is 0 Å². The summed E-state index contributed by atoms with van der Waals surface area (Å²) in [6, 6.07) is 7.75. The summed E-state index contributed by atoms with van der Waals surface area (Å²) in [5, 5.41) is 6.54. The minimum atomic E-state index is 0.0615. The number of carbonyl (C=O) groups is 1. The number of hydrogen-bond donors (Lipinski definition) is 2. The molecule has 30 heavy (non-hydrogen) atoms. The first-order valence-corrected chi connectivity index (χ1v) is 10.9. The van der Waals surface area contributed by atoms with Crippen LogP contribution in [0.15, 0.2) is 29.3 Å². The molecule has 1 aliphatic heterocycles. The third-order valence-corrected chi connectivity index (χ3v) is 4.97. The maximum atomic E-state index is 12.8. The molecule has 0 bridgehead atoms. The molecule has 2 rings (SSSR count). The van der Waals surface area contributed by atoms with Gasteiger partial charge in [-0.3, -0.25) is 9.79 Å². The van der Waals surface area contributed by atoms with Crippen molar-refractivity contribution in [1.82, 2.24) is 15.5 Å². The molecular formula is C23H38N4O3. The van der Waals surface area contributed by atoms with E-state index in [1.54, 1.807) is 7.05 Å². The summed E-state index contributed by atoms with van der Waals surface area (Å²) in [4.78, 5) is 18.9. The van der Waals surface area contributed by atoms with Gasteiger partial charge in [-0.2, -0.15) is 0 Å². The molecule has 0 saturated carbocycles. The summed E-state index contributed by atoms with van der Waals surface area (Å²) in [7, 11) is 1.75. The van der Waals surface area contributed by atoms with Gasteiger partial charge in [-0.05, 0) is 43.9 Å². The average molecular weight is 419 g/mol. The van der Waals surface area contributed by atoms with E-state index in [0.29, 0.717) is 44.3 Å². The summed E-state index contributed by atoms with van der Waals surface area (Å²) in [5.41, 5.74) is 1.80. The fourth-order valence-corrected chi connectivity index (χ4v) is 3.36. The molecule has 7 nitrogen and oxygen atoms in total. The predicted octanol–water partition coefficient (Wildman–Crippen LogP) is 2.66. The lowest BCUT2D eigenvalue weighted by molar-refractivity contribution is -0.0586. The van der Waals surface area contributed by atoms with Gasteiger partial charge in [0.25, 0.3) is 5.91 Å². The number of rotatable bonds is 9. The Labute approximate surface area is 181 Å². The van der Waals surface area contributed by atoms with Gasteiger partial charge in [0, 0.05) is 45.4 Å². The molecule has 0 spiro atoms. The molecule has 2 atom stereocenters. The summed E-state index contributed by atoms with van der Waals surface area (Å²) in [6.07, 6.45) is 1.22. The highest BCUT2D eigenvalue weighted by Gasteiger charge is 2.26. The topological polar surface area (TPSA) is 75.2 Å². The number of guanidine groups is 1. The van der Waals surface area contributed by atoms with Gasteiger partial charge < -0.3 is 25.0 Å². The van der Waals surface area contributed by atoms with Crippen molar-refractivity contribution in [2.45, 2.75) is 52.9 Å². The van der Waals surface area contributed by atoms with Crippen LogP contribution < -0.4 is 10.6 Å². The van der Waals surface area contributed by atoms with E-state index in [4.69, 9.17) is 9.47 Å². The van der Waals surface area contributed by atoms with Crippen LogP contribution in [-0.4, -0.2) is 68.9 Å². The van der Waals surface area contributed by atoms with Gasteiger partial charge in [-0.25, -0.2) is 0 Å². The molecule has 168 valence electrons. The molecule has 1 aliphatic rings. The van der Waals surface area contributed by atoms with Gasteiger partial charge in [-0.15, -0.1) is 0 Å². The Morgan fingerprint density at radius 1 is 1.17 bits per heavy atom.